The van der Waals surface area contributed by atoms with Crippen LogP contribution in [0.1, 0.15) is 36.9 Å². The lowest BCUT2D eigenvalue weighted by atomic mass is 9.96. The quantitative estimate of drug-likeness (QED) is 0.873. The first kappa shape index (κ1) is 12.4. The Labute approximate surface area is 113 Å². The molecular weight excluding hydrogens is 240 g/mol. The van der Waals surface area contributed by atoms with Crippen LogP contribution in [0.15, 0.2) is 6.33 Å². The van der Waals surface area contributed by atoms with Crippen molar-refractivity contribution in [3.63, 3.8) is 0 Å². The molecule has 0 aromatic carbocycles. The van der Waals surface area contributed by atoms with Gasteiger partial charge in [0.1, 0.15) is 12.1 Å². The van der Waals surface area contributed by atoms with Crippen LogP contribution in [0.2, 0.25) is 0 Å². The van der Waals surface area contributed by atoms with E-state index < -0.39 is 0 Å². The Morgan fingerprint density at radius 3 is 2.95 bits per heavy atom. The van der Waals surface area contributed by atoms with Crippen molar-refractivity contribution in [1.29, 1.82) is 0 Å². The number of likely N-dealkylation sites (N-methyl/N-ethyl adjacent to an activating group) is 1. The van der Waals surface area contributed by atoms with Gasteiger partial charge in [0.05, 0.1) is 0 Å². The molecule has 1 aromatic heterocycles. The molecule has 5 nitrogen and oxygen atoms in total. The maximum absolute atomic E-state index is 11.5. The third-order valence-electron chi connectivity index (χ3n) is 4.09. The van der Waals surface area contributed by atoms with Crippen LogP contribution >= 0.6 is 0 Å². The average molecular weight is 260 g/mol. The van der Waals surface area contributed by atoms with Gasteiger partial charge in [-0.25, -0.2) is 9.97 Å². The second-order valence-electron chi connectivity index (χ2n) is 5.51. The molecule has 0 bridgehead atoms. The van der Waals surface area contributed by atoms with Crippen LogP contribution < -0.4 is 5.32 Å². The van der Waals surface area contributed by atoms with E-state index in [9.17, 15) is 4.79 Å². The molecule has 1 aliphatic heterocycles. The Hall–Kier alpha value is -1.65. The number of hydrogen-bond donors (Lipinski definition) is 1. The number of nitrogens with one attached hydrogen (secondary N) is 1. The summed E-state index contributed by atoms with van der Waals surface area (Å²) in [6, 6.07) is 0.309. The minimum Gasteiger partial charge on any atom is -0.365 e. The lowest BCUT2D eigenvalue weighted by molar-refractivity contribution is -0.132. The Morgan fingerprint density at radius 2 is 2.11 bits per heavy atom. The molecule has 0 radical (unpaired) electrons. The van der Waals surface area contributed by atoms with Gasteiger partial charge in [0, 0.05) is 37.3 Å². The monoisotopic (exact) mass is 260 g/mol. The number of hydrogen-bond acceptors (Lipinski definition) is 4. The van der Waals surface area contributed by atoms with Gasteiger partial charge in [0.2, 0.25) is 5.91 Å². The maximum Gasteiger partial charge on any atom is 0.222 e. The summed E-state index contributed by atoms with van der Waals surface area (Å²) >= 11 is 0. The van der Waals surface area contributed by atoms with Gasteiger partial charge >= 0.3 is 0 Å². The molecule has 2 heterocycles. The van der Waals surface area contributed by atoms with Crippen molar-refractivity contribution >= 4 is 11.7 Å². The topological polar surface area (TPSA) is 58.1 Å². The van der Waals surface area contributed by atoms with E-state index in [-0.39, 0.29) is 5.91 Å². The normalized spacial score (nSPS) is 23.1. The first-order valence-electron chi connectivity index (χ1n) is 7.07. The Balaban J connectivity index is 1.75. The van der Waals surface area contributed by atoms with E-state index in [1.165, 1.54) is 24.1 Å². The number of piperidine rings is 1. The number of likely N-dealkylation sites (tertiary alicyclic amines) is 1. The highest BCUT2D eigenvalue weighted by molar-refractivity contribution is 5.77. The molecular formula is C14H20N4O. The van der Waals surface area contributed by atoms with Crippen molar-refractivity contribution in [2.75, 3.05) is 18.9 Å². The maximum atomic E-state index is 11.5. The van der Waals surface area contributed by atoms with E-state index in [2.05, 4.69) is 15.3 Å². The van der Waals surface area contributed by atoms with Crippen molar-refractivity contribution in [2.24, 2.45) is 0 Å². The zero-order valence-corrected chi connectivity index (χ0v) is 11.4. The molecule has 1 unspecified atom stereocenters. The van der Waals surface area contributed by atoms with Gasteiger partial charge in [-0.1, -0.05) is 0 Å². The summed E-state index contributed by atoms with van der Waals surface area (Å²) in [5.41, 5.74) is 2.48. The molecule has 1 amide bonds. The van der Waals surface area contributed by atoms with Crippen LogP contribution in [0.4, 0.5) is 5.82 Å². The number of rotatable bonds is 2. The summed E-state index contributed by atoms with van der Waals surface area (Å²) in [6.07, 6.45) is 7.76. The Morgan fingerprint density at radius 1 is 1.26 bits per heavy atom. The predicted octanol–water partition coefficient (Wildman–Crippen LogP) is 1.39. The van der Waals surface area contributed by atoms with Crippen LogP contribution in [0.3, 0.4) is 0 Å². The Bertz CT molecular complexity index is 488. The highest BCUT2D eigenvalue weighted by Crippen LogP contribution is 2.25. The van der Waals surface area contributed by atoms with Crippen LogP contribution in [0.25, 0.3) is 0 Å². The van der Waals surface area contributed by atoms with Gasteiger partial charge in [-0.05, 0) is 32.1 Å². The molecule has 1 atom stereocenters. The summed E-state index contributed by atoms with van der Waals surface area (Å²) in [7, 11) is 1.87. The van der Waals surface area contributed by atoms with Crippen molar-refractivity contribution < 1.29 is 4.79 Å². The van der Waals surface area contributed by atoms with E-state index in [0.717, 1.165) is 31.6 Å². The van der Waals surface area contributed by atoms with E-state index >= 15 is 0 Å². The number of anilines is 1. The number of fused-ring (bicyclic) bond motifs is 1. The minimum absolute atomic E-state index is 0.239. The fourth-order valence-corrected chi connectivity index (χ4v) is 2.97. The van der Waals surface area contributed by atoms with Crippen LogP contribution in [-0.4, -0.2) is 40.4 Å². The van der Waals surface area contributed by atoms with E-state index in [4.69, 9.17) is 0 Å². The molecule has 3 rings (SSSR count). The first-order chi connectivity index (χ1) is 9.24. The number of carbonyl (C=O) groups is 1. The van der Waals surface area contributed by atoms with Crippen LogP contribution in [0, 0.1) is 0 Å². The number of nitrogens with zero attached hydrogens (tertiary/aromatic N) is 3. The summed E-state index contributed by atoms with van der Waals surface area (Å²) in [4.78, 5) is 22.1. The van der Waals surface area contributed by atoms with Gasteiger partial charge in [-0.2, -0.15) is 0 Å². The molecule has 1 fully saturated rings. The van der Waals surface area contributed by atoms with Gasteiger partial charge in [-0.15, -0.1) is 0 Å². The largest absolute Gasteiger partial charge is 0.365 e. The summed E-state index contributed by atoms with van der Waals surface area (Å²) < 4.78 is 0. The van der Waals surface area contributed by atoms with Gasteiger partial charge < -0.3 is 10.2 Å². The second-order valence-corrected chi connectivity index (χ2v) is 5.51. The highest BCUT2D eigenvalue weighted by atomic mass is 16.2. The van der Waals surface area contributed by atoms with Crippen molar-refractivity contribution in [1.82, 2.24) is 14.9 Å². The number of aromatic nitrogens is 2. The lowest BCUT2D eigenvalue weighted by Gasteiger charge is -2.31. The SMILES string of the molecule is CN1CC(Nc2ncnc3c2CCCC3)CCC1=O. The van der Waals surface area contributed by atoms with Crippen LogP contribution in [0.5, 0.6) is 0 Å². The fourth-order valence-electron chi connectivity index (χ4n) is 2.97. The lowest BCUT2D eigenvalue weighted by Crippen LogP contribution is -2.43. The molecule has 2 aliphatic rings. The molecule has 1 aliphatic carbocycles. The fraction of sp³-hybridized carbons (Fsp3) is 0.643. The molecule has 19 heavy (non-hydrogen) atoms. The molecule has 102 valence electrons. The minimum atomic E-state index is 0.239. The van der Waals surface area contributed by atoms with E-state index in [1.54, 1.807) is 11.2 Å². The summed E-state index contributed by atoms with van der Waals surface area (Å²) in [5.74, 6) is 1.22. The van der Waals surface area contributed by atoms with Crippen molar-refractivity contribution in [2.45, 2.75) is 44.6 Å². The van der Waals surface area contributed by atoms with Gasteiger partial charge in [0.15, 0.2) is 0 Å². The Kier molecular flexibility index (Phi) is 3.36. The summed E-state index contributed by atoms with van der Waals surface area (Å²) in [5, 5.41) is 3.51. The molecule has 5 heteroatoms. The number of aryl methyl sites for hydroxylation is 1. The second kappa shape index (κ2) is 5.15. The standard InChI is InChI=1S/C14H20N4O/c1-18-8-10(6-7-13(18)19)17-14-11-4-2-3-5-12(11)15-9-16-14/h9-10H,2-8H2,1H3,(H,15,16,17). The zero-order valence-electron chi connectivity index (χ0n) is 11.4. The van der Waals surface area contributed by atoms with Gasteiger partial charge in [-0.3, -0.25) is 4.79 Å². The third kappa shape index (κ3) is 2.55. The van der Waals surface area contributed by atoms with E-state index in [1.807, 2.05) is 7.05 Å². The van der Waals surface area contributed by atoms with Crippen LogP contribution in [-0.2, 0) is 17.6 Å². The van der Waals surface area contributed by atoms with Crippen molar-refractivity contribution in [3.8, 4) is 0 Å². The highest BCUT2D eigenvalue weighted by Gasteiger charge is 2.24. The number of carbonyl (C=O) groups excluding carboxylic acids is 1. The summed E-state index contributed by atoms with van der Waals surface area (Å²) in [6.45, 7) is 0.762. The molecule has 1 N–H and O–H groups in total. The molecule has 1 aromatic rings. The number of amides is 1. The predicted molar refractivity (Wildman–Crippen MR) is 73.0 cm³/mol. The first-order valence-corrected chi connectivity index (χ1v) is 7.07. The molecule has 0 spiro atoms. The average Bonchev–Trinajstić information content (AvgIpc) is 2.43. The van der Waals surface area contributed by atoms with Gasteiger partial charge in [0.25, 0.3) is 0 Å². The third-order valence-corrected chi connectivity index (χ3v) is 4.09. The van der Waals surface area contributed by atoms with Crippen molar-refractivity contribution in [3.05, 3.63) is 17.6 Å². The molecule has 0 saturated carbocycles. The smallest absolute Gasteiger partial charge is 0.222 e. The zero-order chi connectivity index (χ0) is 13.2. The molecule has 1 saturated heterocycles. The van der Waals surface area contributed by atoms with E-state index in [0.29, 0.717) is 12.5 Å².